The Morgan fingerprint density at radius 1 is 1.14 bits per heavy atom. The fourth-order valence-corrected chi connectivity index (χ4v) is 4.00. The number of imide groups is 1. The van der Waals surface area contributed by atoms with Crippen LogP contribution in [0.5, 0.6) is 0 Å². The second kappa shape index (κ2) is 8.41. The van der Waals surface area contributed by atoms with Crippen LogP contribution in [0.25, 0.3) is 0 Å². The Labute approximate surface area is 167 Å². The van der Waals surface area contributed by atoms with Crippen molar-refractivity contribution in [1.82, 2.24) is 9.62 Å². The van der Waals surface area contributed by atoms with Crippen LogP contribution in [-0.2, 0) is 24.3 Å². The van der Waals surface area contributed by atoms with Crippen molar-refractivity contribution in [3.8, 4) is 0 Å². The lowest BCUT2D eigenvalue weighted by Crippen LogP contribution is -2.40. The van der Waals surface area contributed by atoms with E-state index in [-0.39, 0.29) is 23.6 Å². The maximum atomic E-state index is 12.9. The van der Waals surface area contributed by atoms with Crippen molar-refractivity contribution in [2.24, 2.45) is 0 Å². The highest BCUT2D eigenvalue weighted by atomic mass is 32.2. The molecule has 1 aliphatic heterocycles. The summed E-state index contributed by atoms with van der Waals surface area (Å²) in [6, 6.07) is 12.9. The van der Waals surface area contributed by atoms with E-state index in [9.17, 15) is 22.8 Å². The summed E-state index contributed by atoms with van der Waals surface area (Å²) in [6.07, 6.45) is -0.822. The molecule has 1 N–H and O–H groups in total. The first-order valence-electron chi connectivity index (χ1n) is 8.54. The Morgan fingerprint density at radius 3 is 2.34 bits per heavy atom. The van der Waals surface area contributed by atoms with E-state index in [0.29, 0.717) is 5.56 Å². The van der Waals surface area contributed by atoms with E-state index in [2.05, 4.69) is 9.46 Å². The number of carbonyl (C=O) groups excluding carboxylic acids is 3. The molecule has 0 saturated carbocycles. The molecule has 0 spiro atoms. The fraction of sp³-hybridized carbons (Fsp3) is 0.211. The van der Waals surface area contributed by atoms with Gasteiger partial charge in [0.15, 0.2) is 6.61 Å². The van der Waals surface area contributed by atoms with E-state index in [1.807, 2.05) is 0 Å². The van der Waals surface area contributed by atoms with Crippen LogP contribution in [0.1, 0.15) is 22.0 Å². The van der Waals surface area contributed by atoms with Crippen LogP contribution in [-0.4, -0.2) is 51.5 Å². The van der Waals surface area contributed by atoms with Crippen molar-refractivity contribution < 1.29 is 32.3 Å². The van der Waals surface area contributed by atoms with Gasteiger partial charge in [-0.2, -0.15) is 0 Å². The number of rotatable bonds is 7. The van der Waals surface area contributed by atoms with Gasteiger partial charge in [0.2, 0.25) is 10.0 Å². The Bertz CT molecular complexity index is 1000. The van der Waals surface area contributed by atoms with Crippen LogP contribution in [0.3, 0.4) is 0 Å². The van der Waals surface area contributed by atoms with Crippen LogP contribution < -0.4 is 4.72 Å². The van der Waals surface area contributed by atoms with Gasteiger partial charge in [-0.15, -0.1) is 0 Å². The zero-order chi connectivity index (χ0) is 21.0. The number of cyclic esters (lactones) is 1. The van der Waals surface area contributed by atoms with Crippen LogP contribution in [0.15, 0.2) is 59.5 Å². The molecule has 1 fully saturated rings. The average molecular weight is 418 g/mol. The highest BCUT2D eigenvalue weighted by molar-refractivity contribution is 7.89. The van der Waals surface area contributed by atoms with Gasteiger partial charge in [-0.25, -0.2) is 27.6 Å². The zero-order valence-corrected chi connectivity index (χ0v) is 16.2. The highest BCUT2D eigenvalue weighted by Gasteiger charge is 2.34. The molecule has 2 aromatic carbocycles. The minimum atomic E-state index is -4.03. The number of amides is 2. The third kappa shape index (κ3) is 4.61. The Hall–Kier alpha value is -3.24. The number of sulfonamides is 1. The van der Waals surface area contributed by atoms with Gasteiger partial charge in [-0.1, -0.05) is 30.3 Å². The molecule has 2 aromatic rings. The molecule has 2 amide bonds. The third-order valence-electron chi connectivity index (χ3n) is 4.29. The van der Waals surface area contributed by atoms with Crippen LogP contribution in [0.2, 0.25) is 0 Å². The zero-order valence-electron chi connectivity index (χ0n) is 15.4. The second-order valence-corrected chi connectivity index (χ2v) is 7.87. The molecule has 0 radical (unpaired) electrons. The SMILES string of the molecule is COC(=O)c1ccc(S(=O)(=O)NC(CN2C(=O)COC2=O)c2ccccc2)cc1. The minimum Gasteiger partial charge on any atom is -0.465 e. The molecule has 152 valence electrons. The molecular weight excluding hydrogens is 400 g/mol. The van der Waals surface area contributed by atoms with E-state index in [0.717, 1.165) is 4.90 Å². The lowest BCUT2D eigenvalue weighted by atomic mass is 10.1. The Morgan fingerprint density at radius 2 is 1.79 bits per heavy atom. The standard InChI is InChI=1S/C19H18N2O7S/c1-27-18(23)14-7-9-15(10-8-14)29(25,26)20-16(13-5-3-2-4-6-13)11-21-17(22)12-28-19(21)24/h2-10,16,20H,11-12H2,1H3. The molecule has 10 heteroatoms. The largest absolute Gasteiger partial charge is 0.465 e. The molecule has 3 rings (SSSR count). The molecule has 1 heterocycles. The Balaban J connectivity index is 1.87. The average Bonchev–Trinajstić information content (AvgIpc) is 3.05. The first kappa shape index (κ1) is 20.5. The van der Waals surface area contributed by atoms with E-state index >= 15 is 0 Å². The lowest BCUT2D eigenvalue weighted by Gasteiger charge is -2.22. The van der Waals surface area contributed by atoms with Crippen molar-refractivity contribution in [1.29, 1.82) is 0 Å². The number of methoxy groups -OCH3 is 1. The number of benzene rings is 2. The summed E-state index contributed by atoms with van der Waals surface area (Å²) in [6.45, 7) is -0.594. The van der Waals surface area contributed by atoms with Crippen molar-refractivity contribution in [2.45, 2.75) is 10.9 Å². The van der Waals surface area contributed by atoms with Crippen molar-refractivity contribution in [3.05, 3.63) is 65.7 Å². The second-order valence-electron chi connectivity index (χ2n) is 6.16. The maximum Gasteiger partial charge on any atom is 0.417 e. The molecule has 9 nitrogen and oxygen atoms in total. The molecule has 29 heavy (non-hydrogen) atoms. The van der Waals surface area contributed by atoms with Gasteiger partial charge in [0.25, 0.3) is 5.91 Å². The summed E-state index contributed by atoms with van der Waals surface area (Å²) in [7, 11) is -2.80. The number of hydrogen-bond donors (Lipinski definition) is 1. The number of carbonyl (C=O) groups is 3. The van der Waals surface area contributed by atoms with Crippen molar-refractivity contribution in [3.63, 3.8) is 0 Å². The van der Waals surface area contributed by atoms with Gasteiger partial charge >= 0.3 is 12.1 Å². The topological polar surface area (TPSA) is 119 Å². The smallest absolute Gasteiger partial charge is 0.417 e. The number of hydrogen-bond acceptors (Lipinski definition) is 7. The Kier molecular flexibility index (Phi) is 5.95. The van der Waals surface area contributed by atoms with Crippen LogP contribution in [0, 0.1) is 0 Å². The van der Waals surface area contributed by atoms with Crippen LogP contribution in [0.4, 0.5) is 4.79 Å². The molecule has 1 saturated heterocycles. The van der Waals surface area contributed by atoms with Gasteiger partial charge in [-0.05, 0) is 29.8 Å². The van der Waals surface area contributed by atoms with Crippen LogP contribution >= 0.6 is 0 Å². The summed E-state index contributed by atoms with van der Waals surface area (Å²) in [4.78, 5) is 36.0. The van der Waals surface area contributed by atoms with E-state index in [1.54, 1.807) is 30.3 Å². The van der Waals surface area contributed by atoms with E-state index in [4.69, 9.17) is 4.74 Å². The molecule has 0 aliphatic carbocycles. The van der Waals surface area contributed by atoms with Gasteiger partial charge in [0, 0.05) is 0 Å². The predicted molar refractivity (Wildman–Crippen MR) is 100 cm³/mol. The monoisotopic (exact) mass is 418 g/mol. The third-order valence-corrected chi connectivity index (χ3v) is 5.78. The lowest BCUT2D eigenvalue weighted by molar-refractivity contribution is -0.126. The minimum absolute atomic E-state index is 0.0820. The summed E-state index contributed by atoms with van der Waals surface area (Å²) in [5, 5.41) is 0. The van der Waals surface area contributed by atoms with Gasteiger partial charge in [0.1, 0.15) is 0 Å². The molecule has 1 aliphatic rings. The molecule has 1 unspecified atom stereocenters. The summed E-state index contributed by atoms with van der Waals surface area (Å²) in [5.74, 6) is -1.13. The van der Waals surface area contributed by atoms with Crippen molar-refractivity contribution >= 4 is 28.0 Å². The van der Waals surface area contributed by atoms with Gasteiger partial charge in [-0.3, -0.25) is 4.79 Å². The predicted octanol–water partition coefficient (Wildman–Crippen LogP) is 1.47. The van der Waals surface area contributed by atoms with E-state index in [1.165, 1.54) is 31.4 Å². The number of esters is 1. The van der Waals surface area contributed by atoms with Crippen molar-refractivity contribution in [2.75, 3.05) is 20.3 Å². The van der Waals surface area contributed by atoms with E-state index < -0.39 is 34.0 Å². The summed E-state index contributed by atoms with van der Waals surface area (Å²) < 4.78 is 37.5. The van der Waals surface area contributed by atoms with Gasteiger partial charge in [0.05, 0.1) is 30.2 Å². The summed E-state index contributed by atoms with van der Waals surface area (Å²) >= 11 is 0. The molecule has 0 aromatic heterocycles. The normalized spacial score (nSPS) is 15.1. The number of nitrogens with zero attached hydrogens (tertiary/aromatic N) is 1. The molecule has 0 bridgehead atoms. The molecule has 1 atom stereocenters. The maximum absolute atomic E-state index is 12.9. The van der Waals surface area contributed by atoms with Gasteiger partial charge < -0.3 is 9.47 Å². The number of nitrogens with one attached hydrogen (secondary N) is 1. The first-order valence-corrected chi connectivity index (χ1v) is 10.0. The number of ether oxygens (including phenoxy) is 2. The first-order chi connectivity index (χ1) is 13.8. The highest BCUT2D eigenvalue weighted by Crippen LogP contribution is 2.21. The quantitative estimate of drug-likeness (QED) is 0.676. The summed E-state index contributed by atoms with van der Waals surface area (Å²) in [5.41, 5.74) is 0.770. The fourth-order valence-electron chi connectivity index (χ4n) is 2.78. The molecular formula is C19H18N2O7S.